The van der Waals surface area contributed by atoms with Gasteiger partial charge >= 0.3 is 0 Å². The molecule has 1 amide bonds. The molecule has 1 aromatic carbocycles. The molecule has 5 nitrogen and oxygen atoms in total. The van der Waals surface area contributed by atoms with E-state index in [-0.39, 0.29) is 17.8 Å². The summed E-state index contributed by atoms with van der Waals surface area (Å²) in [7, 11) is 1.84. The summed E-state index contributed by atoms with van der Waals surface area (Å²) in [4.78, 5) is 18.3. The Balaban J connectivity index is 1.33. The van der Waals surface area contributed by atoms with Gasteiger partial charge in [0.05, 0.1) is 5.56 Å². The Labute approximate surface area is 166 Å². The quantitative estimate of drug-likeness (QED) is 0.681. The first-order valence-corrected chi connectivity index (χ1v) is 9.97. The van der Waals surface area contributed by atoms with Gasteiger partial charge in [0, 0.05) is 37.6 Å². The van der Waals surface area contributed by atoms with Crippen molar-refractivity contribution in [1.29, 1.82) is 0 Å². The van der Waals surface area contributed by atoms with Gasteiger partial charge in [0.15, 0.2) is 0 Å². The number of hydrogen-bond acceptors (Lipinski definition) is 4. The maximum absolute atomic E-state index is 13.4. The van der Waals surface area contributed by atoms with E-state index < -0.39 is 0 Å². The molecule has 2 unspecified atom stereocenters. The van der Waals surface area contributed by atoms with Crippen LogP contribution in [0.5, 0.6) is 0 Å². The molecular formula is C22H29FN4O. The third-order valence-electron chi connectivity index (χ3n) is 5.28. The summed E-state index contributed by atoms with van der Waals surface area (Å²) in [5, 5.41) is 0. The average molecular weight is 384 g/mol. The highest BCUT2D eigenvalue weighted by atomic mass is 19.1. The van der Waals surface area contributed by atoms with Gasteiger partial charge in [0.25, 0.3) is 5.91 Å². The molecule has 0 radical (unpaired) electrons. The first-order chi connectivity index (χ1) is 13.5. The minimum absolute atomic E-state index is 0.0205. The van der Waals surface area contributed by atoms with E-state index in [1.54, 1.807) is 23.2 Å². The van der Waals surface area contributed by atoms with Gasteiger partial charge < -0.3 is 4.90 Å². The number of carbonyl (C=O) groups is 1. The maximum atomic E-state index is 13.4. The second kappa shape index (κ2) is 9.75. The largest absolute Gasteiger partial charge is 0.342 e. The number of amides is 1. The van der Waals surface area contributed by atoms with E-state index in [9.17, 15) is 9.18 Å². The molecule has 28 heavy (non-hydrogen) atoms. The van der Waals surface area contributed by atoms with E-state index in [1.165, 1.54) is 6.07 Å². The smallest absolute Gasteiger partial charge is 0.255 e. The summed E-state index contributed by atoms with van der Waals surface area (Å²) in [5.74, 6) is -0.171. The number of pyridine rings is 1. The van der Waals surface area contributed by atoms with Gasteiger partial charge in [-0.2, -0.15) is 0 Å². The highest BCUT2D eigenvalue weighted by Gasteiger charge is 2.24. The fraction of sp³-hybridized carbons (Fsp3) is 0.455. The number of nitrogens with zero attached hydrogens (tertiary/aromatic N) is 2. The minimum Gasteiger partial charge on any atom is -0.342 e. The van der Waals surface area contributed by atoms with E-state index >= 15 is 0 Å². The Bertz CT molecular complexity index is 780. The second-order valence-electron chi connectivity index (χ2n) is 7.59. The predicted octanol–water partition coefficient (Wildman–Crippen LogP) is 3.77. The highest BCUT2D eigenvalue weighted by Crippen LogP contribution is 2.25. The minimum atomic E-state index is -0.192. The van der Waals surface area contributed by atoms with Crippen LogP contribution < -0.4 is 10.9 Å². The molecule has 0 spiro atoms. The van der Waals surface area contributed by atoms with E-state index in [1.807, 2.05) is 32.2 Å². The molecule has 1 saturated heterocycles. The van der Waals surface area contributed by atoms with Crippen LogP contribution in [0.1, 0.15) is 59.8 Å². The number of hydrogen-bond donors (Lipinski definition) is 2. The van der Waals surface area contributed by atoms with Crippen LogP contribution in [0.3, 0.4) is 0 Å². The highest BCUT2D eigenvalue weighted by molar-refractivity contribution is 5.93. The van der Waals surface area contributed by atoms with Crippen molar-refractivity contribution in [2.45, 2.75) is 51.1 Å². The number of aryl methyl sites for hydroxylation is 1. The fourth-order valence-electron chi connectivity index (χ4n) is 3.59. The van der Waals surface area contributed by atoms with Crippen molar-refractivity contribution in [1.82, 2.24) is 20.7 Å². The zero-order valence-corrected chi connectivity index (χ0v) is 16.6. The molecule has 2 heterocycles. The normalized spacial score (nSPS) is 19.0. The molecule has 3 rings (SSSR count). The first kappa shape index (κ1) is 20.4. The summed E-state index contributed by atoms with van der Waals surface area (Å²) in [6, 6.07) is 11.0. The molecule has 1 aliphatic heterocycles. The molecule has 2 aromatic rings. The molecule has 1 aliphatic rings. The summed E-state index contributed by atoms with van der Waals surface area (Å²) in [5.41, 5.74) is 9.13. The SMILES string of the molecule is Cc1ccc(C(=O)N(C)CCCCCC2CC(c3cccc(F)c3)NN2)cn1. The number of aromatic nitrogens is 1. The third kappa shape index (κ3) is 5.59. The standard InChI is InChI=1S/C22H29FN4O/c1-16-10-11-18(15-24-16)22(28)27(2)12-5-3-4-9-20-14-21(26-25-20)17-7-6-8-19(23)13-17/h6-8,10-11,13,15,20-21,25-26H,3-5,9,12,14H2,1-2H3. The topological polar surface area (TPSA) is 57.3 Å². The van der Waals surface area contributed by atoms with E-state index in [4.69, 9.17) is 0 Å². The molecule has 0 bridgehead atoms. The zero-order chi connectivity index (χ0) is 19.9. The van der Waals surface area contributed by atoms with Crippen molar-refractivity contribution in [3.05, 3.63) is 65.2 Å². The summed E-state index contributed by atoms with van der Waals surface area (Å²) < 4.78 is 13.4. The molecule has 0 aliphatic carbocycles. The molecule has 2 atom stereocenters. The van der Waals surface area contributed by atoms with Crippen LogP contribution in [0.15, 0.2) is 42.6 Å². The van der Waals surface area contributed by atoms with Crippen LogP contribution in [0.4, 0.5) is 4.39 Å². The van der Waals surface area contributed by atoms with Crippen LogP contribution in [-0.2, 0) is 0 Å². The number of rotatable bonds is 8. The van der Waals surface area contributed by atoms with Crippen molar-refractivity contribution < 1.29 is 9.18 Å². The molecule has 1 aromatic heterocycles. The molecule has 6 heteroatoms. The number of benzene rings is 1. The molecule has 0 saturated carbocycles. The van der Waals surface area contributed by atoms with Crippen molar-refractivity contribution >= 4 is 5.91 Å². The van der Waals surface area contributed by atoms with Gasteiger partial charge in [-0.05, 0) is 56.0 Å². The van der Waals surface area contributed by atoms with Crippen molar-refractivity contribution in [2.75, 3.05) is 13.6 Å². The number of carbonyl (C=O) groups excluding carboxylic acids is 1. The fourth-order valence-corrected chi connectivity index (χ4v) is 3.59. The van der Waals surface area contributed by atoms with Gasteiger partial charge in [-0.3, -0.25) is 20.6 Å². The van der Waals surface area contributed by atoms with Gasteiger partial charge in [-0.1, -0.05) is 25.0 Å². The zero-order valence-electron chi connectivity index (χ0n) is 16.6. The van der Waals surface area contributed by atoms with Crippen molar-refractivity contribution in [2.24, 2.45) is 0 Å². The number of hydrazine groups is 1. The van der Waals surface area contributed by atoms with Crippen LogP contribution in [0.25, 0.3) is 0 Å². The van der Waals surface area contributed by atoms with Crippen LogP contribution in [0.2, 0.25) is 0 Å². The Hall–Kier alpha value is -2.31. The van der Waals surface area contributed by atoms with Crippen molar-refractivity contribution in [3.8, 4) is 0 Å². The lowest BCUT2D eigenvalue weighted by molar-refractivity contribution is 0.0792. The Morgan fingerprint density at radius 1 is 1.21 bits per heavy atom. The van der Waals surface area contributed by atoms with E-state index in [2.05, 4.69) is 15.8 Å². The molecular weight excluding hydrogens is 355 g/mol. The monoisotopic (exact) mass is 384 g/mol. The van der Waals surface area contributed by atoms with Gasteiger partial charge in [-0.25, -0.2) is 4.39 Å². The summed E-state index contributed by atoms with van der Waals surface area (Å²) in [6.07, 6.45) is 6.83. The first-order valence-electron chi connectivity index (χ1n) is 9.97. The Morgan fingerprint density at radius 3 is 2.82 bits per heavy atom. The van der Waals surface area contributed by atoms with Crippen LogP contribution in [-0.4, -0.2) is 35.4 Å². The van der Waals surface area contributed by atoms with Crippen molar-refractivity contribution in [3.63, 3.8) is 0 Å². The van der Waals surface area contributed by atoms with Gasteiger partial charge in [0.2, 0.25) is 0 Å². The maximum Gasteiger partial charge on any atom is 0.255 e. The van der Waals surface area contributed by atoms with Crippen LogP contribution >= 0.6 is 0 Å². The molecule has 1 fully saturated rings. The van der Waals surface area contributed by atoms with E-state index in [0.29, 0.717) is 11.6 Å². The Kier molecular flexibility index (Phi) is 7.12. The lowest BCUT2D eigenvalue weighted by atomic mass is 9.99. The molecule has 150 valence electrons. The lowest BCUT2D eigenvalue weighted by Gasteiger charge is -2.17. The molecule has 2 N–H and O–H groups in total. The summed E-state index contributed by atoms with van der Waals surface area (Å²) >= 11 is 0. The lowest BCUT2D eigenvalue weighted by Crippen LogP contribution is -2.31. The third-order valence-corrected chi connectivity index (χ3v) is 5.28. The van der Waals surface area contributed by atoms with Crippen LogP contribution in [0, 0.1) is 12.7 Å². The van der Waals surface area contributed by atoms with E-state index in [0.717, 1.165) is 49.9 Å². The van der Waals surface area contributed by atoms with Gasteiger partial charge in [-0.15, -0.1) is 0 Å². The second-order valence-corrected chi connectivity index (χ2v) is 7.59. The number of unbranched alkanes of at least 4 members (excludes halogenated alkanes) is 2. The summed E-state index contributed by atoms with van der Waals surface area (Å²) in [6.45, 7) is 2.65. The number of nitrogens with one attached hydrogen (secondary N) is 2. The van der Waals surface area contributed by atoms with Gasteiger partial charge in [0.1, 0.15) is 5.82 Å². The Morgan fingerprint density at radius 2 is 2.07 bits per heavy atom. The average Bonchev–Trinajstić information content (AvgIpc) is 3.16. The number of halogens is 1. The predicted molar refractivity (Wildman–Crippen MR) is 108 cm³/mol.